The van der Waals surface area contributed by atoms with E-state index >= 15 is 0 Å². The first kappa shape index (κ1) is 23.9. The Labute approximate surface area is 196 Å². The molecule has 1 atom stereocenters. The molecule has 3 rings (SSSR count). The first-order chi connectivity index (χ1) is 15.8. The molecule has 10 heteroatoms. The summed E-state index contributed by atoms with van der Waals surface area (Å²) in [6.45, 7) is 4.59. The SMILES string of the molecule is CC(C)CCNC(=O)C(c1ccncc1)N(C(=O)c1snc(C(N)=O)c1N)c1ccccc1. The van der Waals surface area contributed by atoms with Gasteiger partial charge in [0.1, 0.15) is 10.9 Å². The van der Waals surface area contributed by atoms with Crippen molar-refractivity contribution in [2.45, 2.75) is 26.3 Å². The Morgan fingerprint density at radius 3 is 2.33 bits per heavy atom. The molecule has 2 aromatic heterocycles. The lowest BCUT2D eigenvalue weighted by Gasteiger charge is -2.31. The topological polar surface area (TPSA) is 144 Å². The molecule has 9 nitrogen and oxygen atoms in total. The molecule has 0 radical (unpaired) electrons. The largest absolute Gasteiger partial charge is 0.395 e. The maximum atomic E-state index is 13.8. The Kier molecular flexibility index (Phi) is 7.73. The minimum absolute atomic E-state index is 0.0293. The van der Waals surface area contributed by atoms with Crippen LogP contribution >= 0.6 is 11.5 Å². The van der Waals surface area contributed by atoms with E-state index in [1.807, 2.05) is 6.07 Å². The zero-order valence-corrected chi connectivity index (χ0v) is 19.2. The first-order valence-electron chi connectivity index (χ1n) is 10.4. The summed E-state index contributed by atoms with van der Waals surface area (Å²) in [5.41, 5.74) is 12.1. The number of hydrogen-bond acceptors (Lipinski definition) is 7. The number of nitrogen functional groups attached to an aromatic ring is 1. The van der Waals surface area contributed by atoms with Crippen LogP contribution in [0.4, 0.5) is 11.4 Å². The highest BCUT2D eigenvalue weighted by Crippen LogP contribution is 2.32. The van der Waals surface area contributed by atoms with Crippen molar-refractivity contribution in [1.29, 1.82) is 0 Å². The molecular formula is C23H26N6O3S. The minimum Gasteiger partial charge on any atom is -0.395 e. The lowest BCUT2D eigenvalue weighted by Crippen LogP contribution is -2.44. The van der Waals surface area contributed by atoms with Crippen molar-refractivity contribution in [3.8, 4) is 0 Å². The number of primary amides is 1. The van der Waals surface area contributed by atoms with Gasteiger partial charge in [0, 0.05) is 24.6 Å². The third kappa shape index (κ3) is 5.53. The molecule has 0 aliphatic rings. The molecular weight excluding hydrogens is 440 g/mol. The Hall–Kier alpha value is -3.79. The van der Waals surface area contributed by atoms with Crippen molar-refractivity contribution < 1.29 is 14.4 Å². The Bertz CT molecular complexity index is 1120. The highest BCUT2D eigenvalue weighted by atomic mass is 32.1. The van der Waals surface area contributed by atoms with Gasteiger partial charge < -0.3 is 16.8 Å². The summed E-state index contributed by atoms with van der Waals surface area (Å²) in [4.78, 5) is 44.2. The van der Waals surface area contributed by atoms with Gasteiger partial charge in [0.15, 0.2) is 5.69 Å². The van der Waals surface area contributed by atoms with E-state index in [1.54, 1.807) is 48.8 Å². The summed E-state index contributed by atoms with van der Waals surface area (Å²) >= 11 is 0.771. The number of aromatic nitrogens is 2. The maximum Gasteiger partial charge on any atom is 0.273 e. The quantitative estimate of drug-likeness (QED) is 0.442. The lowest BCUT2D eigenvalue weighted by atomic mass is 10.0. The van der Waals surface area contributed by atoms with Crippen LogP contribution in [-0.4, -0.2) is 33.6 Å². The van der Waals surface area contributed by atoms with Crippen LogP contribution in [-0.2, 0) is 4.79 Å². The molecule has 0 saturated carbocycles. The zero-order valence-electron chi connectivity index (χ0n) is 18.4. The second-order valence-electron chi connectivity index (χ2n) is 7.81. The van der Waals surface area contributed by atoms with Crippen molar-refractivity contribution >= 4 is 40.6 Å². The number of pyridine rings is 1. The Morgan fingerprint density at radius 1 is 1.09 bits per heavy atom. The van der Waals surface area contributed by atoms with Gasteiger partial charge >= 0.3 is 0 Å². The van der Waals surface area contributed by atoms with Crippen LogP contribution in [0.2, 0.25) is 0 Å². The van der Waals surface area contributed by atoms with Crippen molar-refractivity contribution in [2.24, 2.45) is 11.7 Å². The third-order valence-electron chi connectivity index (χ3n) is 4.96. The third-order valence-corrected chi connectivity index (χ3v) is 5.81. The molecule has 0 spiro atoms. The highest BCUT2D eigenvalue weighted by molar-refractivity contribution is 7.09. The fourth-order valence-corrected chi connectivity index (χ4v) is 4.00. The number of para-hydroxylation sites is 1. The van der Waals surface area contributed by atoms with E-state index in [9.17, 15) is 14.4 Å². The average Bonchev–Trinajstić information content (AvgIpc) is 3.19. The number of amides is 3. The predicted molar refractivity (Wildman–Crippen MR) is 128 cm³/mol. The van der Waals surface area contributed by atoms with E-state index in [4.69, 9.17) is 11.5 Å². The number of carbonyl (C=O) groups is 3. The van der Waals surface area contributed by atoms with Gasteiger partial charge in [0.05, 0.1) is 5.69 Å². The van der Waals surface area contributed by atoms with Gasteiger partial charge in [-0.2, -0.15) is 4.37 Å². The molecule has 2 heterocycles. The lowest BCUT2D eigenvalue weighted by molar-refractivity contribution is -0.122. The van der Waals surface area contributed by atoms with E-state index in [2.05, 4.69) is 28.5 Å². The van der Waals surface area contributed by atoms with Crippen LogP contribution in [0, 0.1) is 5.92 Å². The van der Waals surface area contributed by atoms with Crippen molar-refractivity contribution in [3.63, 3.8) is 0 Å². The second-order valence-corrected chi connectivity index (χ2v) is 8.58. The number of anilines is 2. The molecule has 0 fully saturated rings. The molecule has 1 aromatic carbocycles. The summed E-state index contributed by atoms with van der Waals surface area (Å²) in [7, 11) is 0. The number of rotatable bonds is 9. The summed E-state index contributed by atoms with van der Waals surface area (Å²) in [6.07, 6.45) is 3.91. The van der Waals surface area contributed by atoms with E-state index in [-0.39, 0.29) is 22.2 Å². The standard InChI is InChI=1S/C23H26N6O3S/c1-14(2)8-13-27-22(31)19(15-9-11-26-12-10-15)29(16-6-4-3-5-7-16)23(32)20-17(24)18(21(25)30)28-33-20/h3-7,9-12,14,19H,8,13,24H2,1-2H3,(H2,25,30)(H,27,31). The van der Waals surface area contributed by atoms with Crippen LogP contribution in [0.5, 0.6) is 0 Å². The molecule has 0 saturated heterocycles. The zero-order chi connectivity index (χ0) is 24.0. The summed E-state index contributed by atoms with van der Waals surface area (Å²) < 4.78 is 3.94. The predicted octanol–water partition coefficient (Wildman–Crippen LogP) is 2.77. The number of benzene rings is 1. The van der Waals surface area contributed by atoms with Gasteiger partial charge in [0.25, 0.3) is 11.8 Å². The van der Waals surface area contributed by atoms with Crippen LogP contribution < -0.4 is 21.7 Å². The van der Waals surface area contributed by atoms with E-state index in [1.165, 1.54) is 4.90 Å². The normalized spacial score (nSPS) is 11.7. The molecule has 3 amide bonds. The number of hydrogen-bond donors (Lipinski definition) is 3. The fraction of sp³-hybridized carbons (Fsp3) is 0.261. The molecule has 0 aliphatic heterocycles. The Balaban J connectivity index is 2.10. The van der Waals surface area contributed by atoms with Crippen LogP contribution in [0.25, 0.3) is 0 Å². The van der Waals surface area contributed by atoms with Gasteiger partial charge in [-0.3, -0.25) is 24.3 Å². The maximum absolute atomic E-state index is 13.8. The number of nitrogens with two attached hydrogens (primary N) is 2. The summed E-state index contributed by atoms with van der Waals surface area (Å²) in [6, 6.07) is 11.1. The molecule has 1 unspecified atom stereocenters. The van der Waals surface area contributed by atoms with Gasteiger partial charge in [-0.1, -0.05) is 32.0 Å². The number of nitrogens with zero attached hydrogens (tertiary/aromatic N) is 3. The van der Waals surface area contributed by atoms with Crippen molar-refractivity contribution in [1.82, 2.24) is 14.7 Å². The highest BCUT2D eigenvalue weighted by Gasteiger charge is 2.35. The van der Waals surface area contributed by atoms with Crippen molar-refractivity contribution in [2.75, 3.05) is 17.2 Å². The molecule has 172 valence electrons. The summed E-state index contributed by atoms with van der Waals surface area (Å²) in [5, 5.41) is 2.94. The van der Waals surface area contributed by atoms with Gasteiger partial charge in [-0.05, 0) is 53.7 Å². The molecule has 3 aromatic rings. The smallest absolute Gasteiger partial charge is 0.273 e. The van der Waals surface area contributed by atoms with Crippen molar-refractivity contribution in [3.05, 3.63) is 71.0 Å². The second kappa shape index (κ2) is 10.7. The van der Waals surface area contributed by atoms with Gasteiger partial charge in [-0.25, -0.2) is 0 Å². The van der Waals surface area contributed by atoms with Gasteiger partial charge in [-0.15, -0.1) is 0 Å². The van der Waals surface area contributed by atoms with Crippen LogP contribution in [0.1, 0.15) is 52.0 Å². The molecule has 0 bridgehead atoms. The average molecular weight is 467 g/mol. The van der Waals surface area contributed by atoms with E-state index in [0.717, 1.165) is 18.0 Å². The van der Waals surface area contributed by atoms with E-state index < -0.39 is 17.9 Å². The minimum atomic E-state index is -1.01. The monoisotopic (exact) mass is 466 g/mol. The number of nitrogens with one attached hydrogen (secondary N) is 1. The fourth-order valence-electron chi connectivity index (χ4n) is 3.25. The number of carbonyl (C=O) groups excluding carboxylic acids is 3. The molecule has 0 aliphatic carbocycles. The summed E-state index contributed by atoms with van der Waals surface area (Å²) in [5.74, 6) is -1.34. The molecule has 5 N–H and O–H groups in total. The Morgan fingerprint density at radius 2 is 1.76 bits per heavy atom. The van der Waals surface area contributed by atoms with Crippen LogP contribution in [0.3, 0.4) is 0 Å². The van der Waals surface area contributed by atoms with Crippen LogP contribution in [0.15, 0.2) is 54.9 Å². The van der Waals surface area contributed by atoms with E-state index in [0.29, 0.717) is 23.7 Å². The molecule has 33 heavy (non-hydrogen) atoms. The first-order valence-corrected chi connectivity index (χ1v) is 11.2. The van der Waals surface area contributed by atoms with Gasteiger partial charge in [0.2, 0.25) is 5.91 Å².